The number of hydrogen-bond donors (Lipinski definition) is 2. The van der Waals surface area contributed by atoms with Gasteiger partial charge in [0, 0.05) is 17.3 Å². The zero-order valence-electron chi connectivity index (χ0n) is 17.0. The molecule has 0 spiro atoms. The van der Waals surface area contributed by atoms with Crippen molar-refractivity contribution in [3.05, 3.63) is 95.3 Å². The van der Waals surface area contributed by atoms with Gasteiger partial charge in [-0.25, -0.2) is 0 Å². The van der Waals surface area contributed by atoms with Crippen LogP contribution in [0.15, 0.2) is 73.1 Å². The Balaban J connectivity index is 1.66. The largest absolute Gasteiger partial charge is 0.290 e. The van der Waals surface area contributed by atoms with Gasteiger partial charge in [0.15, 0.2) is 0 Å². The second kappa shape index (κ2) is 8.58. The van der Waals surface area contributed by atoms with Crippen LogP contribution < -0.4 is 10.6 Å². The van der Waals surface area contributed by atoms with E-state index in [1.165, 1.54) is 4.68 Å². The highest BCUT2D eigenvalue weighted by molar-refractivity contribution is 6.06. The minimum Gasteiger partial charge on any atom is -0.290 e. The number of nitrogens with one attached hydrogen (secondary N) is 2. The predicted molar refractivity (Wildman–Crippen MR) is 117 cm³/mol. The van der Waals surface area contributed by atoms with Crippen molar-refractivity contribution in [1.29, 1.82) is 0 Å². The van der Waals surface area contributed by atoms with E-state index in [1.54, 1.807) is 48.8 Å². The molecule has 4 aromatic rings. The maximum atomic E-state index is 12.8. The molecule has 2 heterocycles. The normalized spacial score (nSPS) is 10.5. The number of carbonyl (C=O) groups excluding carboxylic acids is 2. The molecular weight excluding hydrogens is 392 g/mol. The van der Waals surface area contributed by atoms with Gasteiger partial charge in [0.2, 0.25) is 5.95 Å². The Morgan fingerprint density at radius 2 is 1.42 bits per heavy atom. The number of aromatic nitrogens is 4. The third kappa shape index (κ3) is 4.32. The number of rotatable bonds is 5. The molecule has 0 aliphatic heterocycles. The van der Waals surface area contributed by atoms with Crippen LogP contribution in [0, 0.1) is 13.8 Å². The quantitative estimate of drug-likeness (QED) is 0.519. The third-order valence-corrected chi connectivity index (χ3v) is 4.73. The van der Waals surface area contributed by atoms with E-state index >= 15 is 0 Å². The smallest absolute Gasteiger partial charge is 0.258 e. The molecule has 0 aliphatic carbocycles. The number of anilines is 2. The number of benzene rings is 2. The monoisotopic (exact) mass is 412 g/mol. The van der Waals surface area contributed by atoms with Crippen LogP contribution in [0.1, 0.15) is 31.8 Å². The first kappa shape index (κ1) is 20.0. The van der Waals surface area contributed by atoms with Crippen LogP contribution in [0.5, 0.6) is 0 Å². The van der Waals surface area contributed by atoms with Gasteiger partial charge in [0.05, 0.1) is 11.9 Å². The first-order valence-electron chi connectivity index (χ1n) is 9.64. The Hall–Kier alpha value is -4.33. The van der Waals surface area contributed by atoms with Crippen molar-refractivity contribution >= 4 is 23.7 Å². The van der Waals surface area contributed by atoms with Crippen molar-refractivity contribution in [3.63, 3.8) is 0 Å². The lowest BCUT2D eigenvalue weighted by atomic mass is 10.1. The summed E-state index contributed by atoms with van der Waals surface area (Å²) < 4.78 is 1.43. The number of carbonyl (C=O) groups is 2. The second-order valence-electron chi connectivity index (χ2n) is 6.92. The van der Waals surface area contributed by atoms with E-state index in [9.17, 15) is 9.59 Å². The maximum absolute atomic E-state index is 12.8. The maximum Gasteiger partial charge on any atom is 0.258 e. The first-order chi connectivity index (χ1) is 15.0. The molecule has 8 nitrogen and oxygen atoms in total. The summed E-state index contributed by atoms with van der Waals surface area (Å²) in [4.78, 5) is 33.9. The fourth-order valence-electron chi connectivity index (χ4n) is 3.10. The molecule has 2 aromatic carbocycles. The lowest BCUT2D eigenvalue weighted by Gasteiger charge is -2.08. The molecule has 0 fully saturated rings. The topological polar surface area (TPSA) is 102 Å². The van der Waals surface area contributed by atoms with E-state index in [0.717, 1.165) is 11.1 Å². The molecule has 0 unspecified atom stereocenters. The van der Waals surface area contributed by atoms with Crippen LogP contribution >= 0.6 is 0 Å². The highest BCUT2D eigenvalue weighted by Crippen LogP contribution is 2.18. The number of aryl methyl sites for hydroxylation is 2. The summed E-state index contributed by atoms with van der Waals surface area (Å²) in [6.45, 7) is 3.71. The van der Waals surface area contributed by atoms with Crippen molar-refractivity contribution in [2.24, 2.45) is 0 Å². The molecule has 0 aliphatic rings. The molecule has 8 heteroatoms. The van der Waals surface area contributed by atoms with E-state index in [-0.39, 0.29) is 23.7 Å². The summed E-state index contributed by atoms with van der Waals surface area (Å²) in [6.07, 6.45) is 3.22. The Bertz CT molecular complexity index is 1250. The van der Waals surface area contributed by atoms with Gasteiger partial charge in [0.25, 0.3) is 17.8 Å². The fourth-order valence-corrected chi connectivity index (χ4v) is 3.10. The van der Waals surface area contributed by atoms with E-state index in [2.05, 4.69) is 25.7 Å². The van der Waals surface area contributed by atoms with Gasteiger partial charge in [0.1, 0.15) is 0 Å². The van der Waals surface area contributed by atoms with Gasteiger partial charge < -0.3 is 0 Å². The average Bonchev–Trinajstić information content (AvgIpc) is 3.16. The van der Waals surface area contributed by atoms with Crippen molar-refractivity contribution in [2.45, 2.75) is 13.8 Å². The van der Waals surface area contributed by atoms with Gasteiger partial charge in [-0.05, 0) is 49.2 Å². The SMILES string of the molecule is Cc1ccccc1C(=O)Nc1nc(NC(=O)c2ccccc2C)n(-c2cccnc2)n1. The van der Waals surface area contributed by atoms with Crippen LogP contribution in [0.25, 0.3) is 5.69 Å². The van der Waals surface area contributed by atoms with Crippen LogP contribution in [-0.2, 0) is 0 Å². The molecular formula is C23H20N6O2. The minimum atomic E-state index is -0.335. The minimum absolute atomic E-state index is 0.0668. The van der Waals surface area contributed by atoms with Crippen LogP contribution in [0.4, 0.5) is 11.9 Å². The molecule has 0 saturated heterocycles. The van der Waals surface area contributed by atoms with Gasteiger partial charge in [-0.2, -0.15) is 9.67 Å². The molecule has 0 atom stereocenters. The Morgan fingerprint density at radius 1 is 0.806 bits per heavy atom. The second-order valence-corrected chi connectivity index (χ2v) is 6.92. The predicted octanol–water partition coefficient (Wildman–Crippen LogP) is 3.78. The van der Waals surface area contributed by atoms with E-state index < -0.39 is 0 Å². The molecule has 2 N–H and O–H groups in total. The molecule has 4 rings (SSSR count). The Morgan fingerprint density at radius 3 is 2.00 bits per heavy atom. The summed E-state index contributed by atoms with van der Waals surface area (Å²) in [5, 5.41) is 9.85. The standard InChI is InChI=1S/C23H20N6O2/c1-15-8-3-5-11-18(15)20(30)25-22-27-23(29(28-22)17-10-7-13-24-14-17)26-21(31)19-12-6-4-9-16(19)2/h3-14H,1-2H3,(H2,25,26,27,28,30,31). The summed E-state index contributed by atoms with van der Waals surface area (Å²) in [5.41, 5.74) is 3.30. The summed E-state index contributed by atoms with van der Waals surface area (Å²) in [5.74, 6) is -0.427. The number of pyridine rings is 1. The zero-order valence-corrected chi connectivity index (χ0v) is 17.0. The molecule has 154 valence electrons. The Kier molecular flexibility index (Phi) is 5.53. The van der Waals surface area contributed by atoms with Gasteiger partial charge in [-0.15, -0.1) is 5.10 Å². The number of amides is 2. The molecule has 2 amide bonds. The number of hydrogen-bond acceptors (Lipinski definition) is 5. The summed E-state index contributed by atoms with van der Waals surface area (Å²) in [6, 6.07) is 18.0. The van der Waals surface area contributed by atoms with E-state index in [1.807, 2.05) is 38.1 Å². The highest BCUT2D eigenvalue weighted by Gasteiger charge is 2.18. The van der Waals surface area contributed by atoms with Crippen molar-refractivity contribution in [3.8, 4) is 5.69 Å². The van der Waals surface area contributed by atoms with Crippen molar-refractivity contribution in [2.75, 3.05) is 10.6 Å². The van der Waals surface area contributed by atoms with E-state index in [4.69, 9.17) is 0 Å². The average molecular weight is 412 g/mol. The number of nitrogens with zero attached hydrogens (tertiary/aromatic N) is 4. The fraction of sp³-hybridized carbons (Fsp3) is 0.0870. The highest BCUT2D eigenvalue weighted by atomic mass is 16.2. The van der Waals surface area contributed by atoms with Crippen molar-refractivity contribution < 1.29 is 9.59 Å². The molecule has 0 radical (unpaired) electrons. The lowest BCUT2D eigenvalue weighted by Crippen LogP contribution is -2.17. The molecule has 0 saturated carbocycles. The van der Waals surface area contributed by atoms with Crippen LogP contribution in [0.2, 0.25) is 0 Å². The van der Waals surface area contributed by atoms with Gasteiger partial charge in [-0.3, -0.25) is 25.2 Å². The van der Waals surface area contributed by atoms with Crippen molar-refractivity contribution in [1.82, 2.24) is 19.7 Å². The molecule has 2 aromatic heterocycles. The first-order valence-corrected chi connectivity index (χ1v) is 9.64. The van der Waals surface area contributed by atoms with Crippen LogP contribution in [-0.4, -0.2) is 31.6 Å². The lowest BCUT2D eigenvalue weighted by molar-refractivity contribution is 0.101. The molecule has 0 bridgehead atoms. The molecule has 31 heavy (non-hydrogen) atoms. The zero-order chi connectivity index (χ0) is 21.8. The van der Waals surface area contributed by atoms with Crippen LogP contribution in [0.3, 0.4) is 0 Å². The Labute approximate surface area is 179 Å². The summed E-state index contributed by atoms with van der Waals surface area (Å²) in [7, 11) is 0. The van der Waals surface area contributed by atoms with Gasteiger partial charge >= 0.3 is 0 Å². The summed E-state index contributed by atoms with van der Waals surface area (Å²) >= 11 is 0. The third-order valence-electron chi connectivity index (χ3n) is 4.73. The van der Waals surface area contributed by atoms with Gasteiger partial charge in [-0.1, -0.05) is 36.4 Å². The van der Waals surface area contributed by atoms with E-state index in [0.29, 0.717) is 16.8 Å².